The van der Waals surface area contributed by atoms with Gasteiger partial charge in [-0.3, -0.25) is 14.6 Å². The zero-order chi connectivity index (χ0) is 20.5. The first-order chi connectivity index (χ1) is 13.4. The van der Waals surface area contributed by atoms with Gasteiger partial charge in [0.1, 0.15) is 5.69 Å². The van der Waals surface area contributed by atoms with Crippen molar-refractivity contribution >= 4 is 17.5 Å². The van der Waals surface area contributed by atoms with Gasteiger partial charge in [-0.1, -0.05) is 6.07 Å². The van der Waals surface area contributed by atoms with E-state index in [1.165, 1.54) is 11.8 Å². The molecule has 2 rings (SSSR count). The predicted molar refractivity (Wildman–Crippen MR) is 108 cm³/mol. The summed E-state index contributed by atoms with van der Waals surface area (Å²) < 4.78 is 5.07. The van der Waals surface area contributed by atoms with Crippen molar-refractivity contribution < 1.29 is 14.3 Å². The van der Waals surface area contributed by atoms with Gasteiger partial charge in [0.15, 0.2) is 0 Å². The van der Waals surface area contributed by atoms with E-state index < -0.39 is 0 Å². The van der Waals surface area contributed by atoms with Crippen molar-refractivity contribution in [2.75, 3.05) is 32.1 Å². The standard InChI is InChI=1S/C21H28N4O3/c1-15-6-7-18(12-16(15)2)24-20(26)8-10-25(9-5-11-28-4)21(27)19-14-22-17(3)13-23-19/h6-7,12-14H,5,8-11H2,1-4H3,(H,24,26). The van der Waals surface area contributed by atoms with Crippen LogP contribution in [0.3, 0.4) is 0 Å². The average molecular weight is 384 g/mol. The summed E-state index contributed by atoms with van der Waals surface area (Å²) in [7, 11) is 1.62. The van der Waals surface area contributed by atoms with Crippen molar-refractivity contribution in [3.8, 4) is 0 Å². The highest BCUT2D eigenvalue weighted by atomic mass is 16.5. The number of carbonyl (C=O) groups excluding carboxylic acids is 2. The lowest BCUT2D eigenvalue weighted by Gasteiger charge is -2.22. The topological polar surface area (TPSA) is 84.4 Å². The molecule has 0 aliphatic rings. The van der Waals surface area contributed by atoms with Crippen molar-refractivity contribution in [2.45, 2.75) is 33.6 Å². The third-order valence-corrected chi connectivity index (χ3v) is 4.46. The van der Waals surface area contributed by atoms with E-state index in [0.29, 0.717) is 26.1 Å². The molecule has 1 heterocycles. The number of amides is 2. The molecule has 1 aromatic carbocycles. The fourth-order valence-electron chi connectivity index (χ4n) is 2.66. The van der Waals surface area contributed by atoms with E-state index in [1.54, 1.807) is 18.2 Å². The number of rotatable bonds is 9. The first-order valence-corrected chi connectivity index (χ1v) is 9.34. The van der Waals surface area contributed by atoms with E-state index in [2.05, 4.69) is 15.3 Å². The minimum atomic E-state index is -0.234. The molecule has 7 nitrogen and oxygen atoms in total. The number of nitrogens with zero attached hydrogens (tertiary/aromatic N) is 3. The van der Waals surface area contributed by atoms with Crippen molar-refractivity contribution in [3.05, 3.63) is 53.1 Å². The average Bonchev–Trinajstić information content (AvgIpc) is 2.67. The van der Waals surface area contributed by atoms with Crippen LogP contribution in [0, 0.1) is 20.8 Å². The Morgan fingerprint density at radius 1 is 1.07 bits per heavy atom. The number of carbonyl (C=O) groups is 2. The maximum atomic E-state index is 12.8. The molecule has 1 aromatic heterocycles. The third kappa shape index (κ3) is 6.42. The first-order valence-electron chi connectivity index (χ1n) is 9.34. The number of ether oxygens (including phenoxy) is 1. The van der Waals surface area contributed by atoms with E-state index in [0.717, 1.165) is 16.9 Å². The summed E-state index contributed by atoms with van der Waals surface area (Å²) in [6, 6.07) is 5.79. The van der Waals surface area contributed by atoms with Gasteiger partial charge in [-0.15, -0.1) is 0 Å². The van der Waals surface area contributed by atoms with Crippen LogP contribution < -0.4 is 5.32 Å². The Morgan fingerprint density at radius 2 is 1.86 bits per heavy atom. The highest BCUT2D eigenvalue weighted by molar-refractivity contribution is 5.93. The van der Waals surface area contributed by atoms with Gasteiger partial charge >= 0.3 is 0 Å². The van der Waals surface area contributed by atoms with Crippen molar-refractivity contribution in [1.29, 1.82) is 0 Å². The second kappa shape index (κ2) is 10.5. The largest absolute Gasteiger partial charge is 0.385 e. The van der Waals surface area contributed by atoms with Gasteiger partial charge in [-0.25, -0.2) is 4.98 Å². The molecule has 0 saturated heterocycles. The molecule has 0 aliphatic carbocycles. The van der Waals surface area contributed by atoms with Crippen LogP contribution in [0.2, 0.25) is 0 Å². The molecule has 150 valence electrons. The fraction of sp³-hybridized carbons (Fsp3) is 0.429. The quantitative estimate of drug-likeness (QED) is 0.672. The normalized spacial score (nSPS) is 10.6. The zero-order valence-electron chi connectivity index (χ0n) is 17.0. The molecule has 0 fully saturated rings. The number of aryl methyl sites for hydroxylation is 3. The minimum absolute atomic E-state index is 0.136. The monoisotopic (exact) mass is 384 g/mol. The minimum Gasteiger partial charge on any atom is -0.385 e. The van der Waals surface area contributed by atoms with Crippen molar-refractivity contribution in [3.63, 3.8) is 0 Å². The maximum Gasteiger partial charge on any atom is 0.274 e. The molecule has 28 heavy (non-hydrogen) atoms. The number of hydrogen-bond donors (Lipinski definition) is 1. The van der Waals surface area contributed by atoms with Gasteiger partial charge < -0.3 is 15.0 Å². The third-order valence-electron chi connectivity index (χ3n) is 4.46. The first kappa shape index (κ1) is 21.5. The summed E-state index contributed by atoms with van der Waals surface area (Å²) in [6.07, 6.45) is 3.91. The van der Waals surface area contributed by atoms with Crippen LogP contribution in [-0.4, -0.2) is 53.5 Å². The smallest absolute Gasteiger partial charge is 0.274 e. The van der Waals surface area contributed by atoms with Crippen molar-refractivity contribution in [2.24, 2.45) is 0 Å². The van der Waals surface area contributed by atoms with E-state index in [9.17, 15) is 9.59 Å². The Morgan fingerprint density at radius 3 is 2.50 bits per heavy atom. The van der Waals surface area contributed by atoms with Gasteiger partial charge in [0.05, 0.1) is 11.9 Å². The molecule has 0 saturated carbocycles. The number of hydrogen-bond acceptors (Lipinski definition) is 5. The number of anilines is 1. The Labute approximate surface area is 166 Å². The summed E-state index contributed by atoms with van der Waals surface area (Å²) in [5.74, 6) is -0.370. The molecule has 0 unspecified atom stereocenters. The van der Waals surface area contributed by atoms with Gasteiger partial charge in [0, 0.05) is 45.1 Å². The van der Waals surface area contributed by atoms with Crippen LogP contribution in [0.4, 0.5) is 5.69 Å². The lowest BCUT2D eigenvalue weighted by molar-refractivity contribution is -0.116. The van der Waals surface area contributed by atoms with Crippen LogP contribution in [0.1, 0.15) is 40.2 Å². The van der Waals surface area contributed by atoms with Gasteiger partial charge in [0.2, 0.25) is 5.91 Å². The van der Waals surface area contributed by atoms with Crippen molar-refractivity contribution in [1.82, 2.24) is 14.9 Å². The van der Waals surface area contributed by atoms with E-state index >= 15 is 0 Å². The molecular weight excluding hydrogens is 356 g/mol. The second-order valence-corrected chi connectivity index (χ2v) is 6.78. The van der Waals surface area contributed by atoms with Gasteiger partial charge in [-0.05, 0) is 50.5 Å². The van der Waals surface area contributed by atoms with Gasteiger partial charge in [0.25, 0.3) is 5.91 Å². The molecule has 2 amide bonds. The van der Waals surface area contributed by atoms with Crippen LogP contribution in [-0.2, 0) is 9.53 Å². The van der Waals surface area contributed by atoms with Crippen LogP contribution in [0.15, 0.2) is 30.6 Å². The van der Waals surface area contributed by atoms with Crippen LogP contribution >= 0.6 is 0 Å². The summed E-state index contributed by atoms with van der Waals surface area (Å²) >= 11 is 0. The Hall–Kier alpha value is -2.80. The van der Waals surface area contributed by atoms with Crippen LogP contribution in [0.5, 0.6) is 0 Å². The van der Waals surface area contributed by atoms with Gasteiger partial charge in [-0.2, -0.15) is 0 Å². The molecule has 0 aliphatic heterocycles. The lowest BCUT2D eigenvalue weighted by atomic mass is 10.1. The number of aromatic nitrogens is 2. The van der Waals surface area contributed by atoms with E-state index in [-0.39, 0.29) is 23.9 Å². The summed E-state index contributed by atoms with van der Waals surface area (Å²) in [4.78, 5) is 35.0. The molecule has 0 spiro atoms. The zero-order valence-corrected chi connectivity index (χ0v) is 17.0. The predicted octanol–water partition coefficient (Wildman–Crippen LogP) is 2.91. The van der Waals surface area contributed by atoms with E-state index in [1.807, 2.05) is 39.0 Å². The fourth-order valence-corrected chi connectivity index (χ4v) is 2.66. The SMILES string of the molecule is COCCCN(CCC(=O)Nc1ccc(C)c(C)c1)C(=O)c1cnc(C)cn1. The van der Waals surface area contributed by atoms with E-state index in [4.69, 9.17) is 4.74 Å². The number of methoxy groups -OCH3 is 1. The molecule has 1 N–H and O–H groups in total. The molecule has 0 atom stereocenters. The Balaban J connectivity index is 1.98. The summed E-state index contributed by atoms with van der Waals surface area (Å²) in [5.41, 5.74) is 4.07. The molecule has 0 bridgehead atoms. The highest BCUT2D eigenvalue weighted by Gasteiger charge is 2.18. The number of benzene rings is 1. The highest BCUT2D eigenvalue weighted by Crippen LogP contribution is 2.14. The molecular formula is C21H28N4O3. The molecule has 7 heteroatoms. The second-order valence-electron chi connectivity index (χ2n) is 6.78. The maximum absolute atomic E-state index is 12.8. The molecule has 2 aromatic rings. The summed E-state index contributed by atoms with van der Waals surface area (Å²) in [6.45, 7) is 7.17. The summed E-state index contributed by atoms with van der Waals surface area (Å²) in [5, 5.41) is 2.89. The molecule has 0 radical (unpaired) electrons. The van der Waals surface area contributed by atoms with Crippen LogP contribution in [0.25, 0.3) is 0 Å². The number of nitrogens with one attached hydrogen (secondary N) is 1. The lowest BCUT2D eigenvalue weighted by Crippen LogP contribution is -2.35. The Kier molecular flexibility index (Phi) is 8.07. The Bertz CT molecular complexity index is 806.